The normalized spacial score (nSPS) is 8.47. The minimum Gasteiger partial charge on any atom is -0.463 e. The van der Waals surface area contributed by atoms with Crippen LogP contribution in [0.1, 0.15) is 6.92 Å². The van der Waals surface area contributed by atoms with Gasteiger partial charge >= 0.3 is 5.97 Å². The molecule has 0 bridgehead atoms. The van der Waals surface area contributed by atoms with Crippen LogP contribution in [0, 0.1) is 0 Å². The lowest BCUT2D eigenvalue weighted by Crippen LogP contribution is -1.97. The van der Waals surface area contributed by atoms with Crippen molar-refractivity contribution in [3.8, 4) is 0 Å². The molecule has 2 nitrogen and oxygen atoms in total. The van der Waals surface area contributed by atoms with E-state index in [2.05, 4.69) is 11.3 Å². The fourth-order valence-corrected chi connectivity index (χ4v) is 1.10. The maximum Gasteiger partial charge on any atom is 0.330 e. The summed E-state index contributed by atoms with van der Waals surface area (Å²) in [6, 6.07) is 7.08. The van der Waals surface area contributed by atoms with E-state index < -0.39 is 0 Å². The van der Waals surface area contributed by atoms with Gasteiger partial charge in [-0.3, -0.25) is 0 Å². The second kappa shape index (κ2) is 8.33. The maximum absolute atomic E-state index is 10.1. The summed E-state index contributed by atoms with van der Waals surface area (Å²) in [5.41, 5.74) is 0. The first-order valence-electron chi connectivity index (χ1n) is 4.30. The first-order valence-corrected chi connectivity index (χ1v) is 5.06. The molecule has 0 amide bonds. The van der Waals surface area contributed by atoms with Crippen molar-refractivity contribution in [1.82, 2.24) is 0 Å². The number of esters is 1. The highest BCUT2D eigenvalue weighted by Gasteiger charge is 1.86. The van der Waals surface area contributed by atoms with E-state index in [1.54, 1.807) is 25.1 Å². The smallest absolute Gasteiger partial charge is 0.330 e. The van der Waals surface area contributed by atoms with E-state index in [0.717, 1.165) is 6.08 Å². The number of ether oxygens (including phenoxy) is 1. The third kappa shape index (κ3) is 8.03. The minimum atomic E-state index is -0.359. The highest BCUT2D eigenvalue weighted by Crippen LogP contribution is 2.13. The third-order valence-electron chi connectivity index (χ3n) is 1.24. The molecule has 1 aromatic rings. The fourth-order valence-electron chi connectivity index (χ4n) is 0.661. The Bertz CT molecular complexity index is 307. The topological polar surface area (TPSA) is 26.3 Å². The molecule has 0 heterocycles. The molecule has 0 atom stereocenters. The molecule has 0 spiro atoms. The zero-order valence-corrected chi connectivity index (χ0v) is 9.89. The van der Waals surface area contributed by atoms with Crippen LogP contribution in [0.3, 0.4) is 0 Å². The van der Waals surface area contributed by atoms with Gasteiger partial charge in [-0.2, -0.15) is 0 Å². The molecule has 0 saturated heterocycles. The van der Waals surface area contributed by atoms with Crippen molar-refractivity contribution in [3.63, 3.8) is 0 Å². The van der Waals surface area contributed by atoms with Gasteiger partial charge < -0.3 is 4.74 Å². The number of hydrogen-bond donors (Lipinski definition) is 0. The summed E-state index contributed by atoms with van der Waals surface area (Å²) in [6.07, 6.45) is 1.14. The van der Waals surface area contributed by atoms with Gasteiger partial charge in [-0.05, 0) is 25.1 Å². The Morgan fingerprint density at radius 2 is 2.00 bits per heavy atom. The van der Waals surface area contributed by atoms with E-state index in [0.29, 0.717) is 16.7 Å². The summed E-state index contributed by atoms with van der Waals surface area (Å²) in [5, 5.41) is 1.36. The summed E-state index contributed by atoms with van der Waals surface area (Å²) < 4.78 is 4.43. The van der Waals surface area contributed by atoms with Crippen LogP contribution in [0.5, 0.6) is 0 Å². The van der Waals surface area contributed by atoms with Gasteiger partial charge in [0.15, 0.2) is 0 Å². The zero-order valence-electron chi connectivity index (χ0n) is 8.37. The van der Waals surface area contributed by atoms with Crippen LogP contribution in [-0.4, -0.2) is 12.6 Å². The molecule has 0 aliphatic carbocycles. The number of halogens is 2. The lowest BCUT2D eigenvalue weighted by atomic mass is 10.4. The Kier molecular flexibility index (Phi) is 7.78. The maximum atomic E-state index is 10.1. The van der Waals surface area contributed by atoms with Gasteiger partial charge in [0.2, 0.25) is 0 Å². The van der Waals surface area contributed by atoms with Crippen LogP contribution in [0.2, 0.25) is 10.0 Å². The second-order valence-electron chi connectivity index (χ2n) is 2.40. The lowest BCUT2D eigenvalue weighted by Gasteiger charge is -1.90. The molecule has 0 unspecified atom stereocenters. The molecule has 15 heavy (non-hydrogen) atoms. The number of hydrogen-bond acceptors (Lipinski definition) is 2. The van der Waals surface area contributed by atoms with Crippen LogP contribution in [0.25, 0.3) is 0 Å². The number of rotatable bonds is 2. The van der Waals surface area contributed by atoms with E-state index in [1.165, 1.54) is 0 Å². The molecular formula is C11H12Cl2O2. The largest absolute Gasteiger partial charge is 0.463 e. The molecule has 0 N–H and O–H groups in total. The van der Waals surface area contributed by atoms with E-state index in [9.17, 15) is 4.79 Å². The molecule has 0 aromatic heterocycles. The SMILES string of the molecule is C=CC(=O)OCC.Clc1cccc(Cl)c1. The third-order valence-corrected chi connectivity index (χ3v) is 1.71. The number of benzene rings is 1. The van der Waals surface area contributed by atoms with Crippen molar-refractivity contribution in [2.45, 2.75) is 6.92 Å². The number of carbonyl (C=O) groups is 1. The molecule has 0 radical (unpaired) electrons. The number of carbonyl (C=O) groups excluding carboxylic acids is 1. The van der Waals surface area contributed by atoms with Gasteiger partial charge in [0.1, 0.15) is 0 Å². The Morgan fingerprint density at radius 3 is 2.20 bits per heavy atom. The molecular weight excluding hydrogens is 235 g/mol. The first-order chi connectivity index (χ1) is 7.10. The molecule has 0 saturated carbocycles. The highest BCUT2D eigenvalue weighted by molar-refractivity contribution is 6.34. The first kappa shape index (κ1) is 14.0. The van der Waals surface area contributed by atoms with Crippen LogP contribution in [-0.2, 0) is 9.53 Å². The van der Waals surface area contributed by atoms with Crippen molar-refractivity contribution >= 4 is 29.2 Å². The predicted molar refractivity (Wildman–Crippen MR) is 63.3 cm³/mol. The van der Waals surface area contributed by atoms with Crippen molar-refractivity contribution in [1.29, 1.82) is 0 Å². The van der Waals surface area contributed by atoms with Crippen LogP contribution in [0.15, 0.2) is 36.9 Å². The van der Waals surface area contributed by atoms with Crippen LogP contribution in [0.4, 0.5) is 0 Å². The second-order valence-corrected chi connectivity index (χ2v) is 3.27. The molecule has 0 aliphatic heterocycles. The average Bonchev–Trinajstić information content (AvgIpc) is 2.18. The lowest BCUT2D eigenvalue weighted by molar-refractivity contribution is -0.137. The average molecular weight is 247 g/mol. The van der Waals surface area contributed by atoms with Crippen molar-refractivity contribution in [3.05, 3.63) is 47.0 Å². The summed E-state index contributed by atoms with van der Waals surface area (Å²) >= 11 is 11.1. The van der Waals surface area contributed by atoms with Gasteiger partial charge in [-0.1, -0.05) is 35.8 Å². The standard InChI is InChI=1S/C6H4Cl2.C5H8O2/c7-5-2-1-3-6(8)4-5;1-3-5(6)7-4-2/h1-4H;3H,1,4H2,2H3. The molecule has 82 valence electrons. The van der Waals surface area contributed by atoms with E-state index in [4.69, 9.17) is 23.2 Å². The van der Waals surface area contributed by atoms with E-state index in [-0.39, 0.29) is 5.97 Å². The minimum absolute atomic E-state index is 0.359. The fraction of sp³-hybridized carbons (Fsp3) is 0.182. The predicted octanol–water partition coefficient (Wildman–Crippen LogP) is 3.73. The Hall–Kier alpha value is -0.990. The quantitative estimate of drug-likeness (QED) is 0.588. The molecule has 1 aromatic carbocycles. The van der Waals surface area contributed by atoms with E-state index in [1.807, 2.05) is 6.07 Å². The summed E-state index contributed by atoms with van der Waals surface area (Å²) in [7, 11) is 0. The molecule has 4 heteroatoms. The van der Waals surface area contributed by atoms with Gasteiger partial charge in [-0.25, -0.2) is 4.79 Å². The molecule has 1 rings (SSSR count). The van der Waals surface area contributed by atoms with Gasteiger partial charge in [0.25, 0.3) is 0 Å². The van der Waals surface area contributed by atoms with Crippen molar-refractivity contribution in [2.75, 3.05) is 6.61 Å². The molecule has 0 fully saturated rings. The summed E-state index contributed by atoms with van der Waals surface area (Å²) in [5.74, 6) is -0.359. The molecule has 0 aliphatic rings. The van der Waals surface area contributed by atoms with Gasteiger partial charge in [0, 0.05) is 16.1 Å². The van der Waals surface area contributed by atoms with Gasteiger partial charge in [0.05, 0.1) is 6.61 Å². The van der Waals surface area contributed by atoms with Crippen molar-refractivity contribution in [2.24, 2.45) is 0 Å². The van der Waals surface area contributed by atoms with E-state index >= 15 is 0 Å². The van der Waals surface area contributed by atoms with Crippen LogP contribution >= 0.6 is 23.2 Å². The van der Waals surface area contributed by atoms with Crippen molar-refractivity contribution < 1.29 is 9.53 Å². The Balaban J connectivity index is 0.000000265. The summed E-state index contributed by atoms with van der Waals surface area (Å²) in [6.45, 7) is 5.38. The van der Waals surface area contributed by atoms with Gasteiger partial charge in [-0.15, -0.1) is 0 Å². The summed E-state index contributed by atoms with van der Waals surface area (Å²) in [4.78, 5) is 10.1. The zero-order chi connectivity index (χ0) is 11.7. The van der Waals surface area contributed by atoms with Crippen LogP contribution < -0.4 is 0 Å². The monoisotopic (exact) mass is 246 g/mol. The highest BCUT2D eigenvalue weighted by atomic mass is 35.5. The Morgan fingerprint density at radius 1 is 1.47 bits per heavy atom. The Labute approximate surface area is 99.5 Å².